The van der Waals surface area contributed by atoms with Crippen LogP contribution in [0.5, 0.6) is 0 Å². The lowest BCUT2D eigenvalue weighted by Gasteiger charge is -2.27. The van der Waals surface area contributed by atoms with Crippen LogP contribution in [-0.4, -0.2) is 30.4 Å². The quantitative estimate of drug-likeness (QED) is 0.477. The molecule has 2 unspecified atom stereocenters. The number of benzene rings is 1. The van der Waals surface area contributed by atoms with E-state index in [2.05, 4.69) is 5.32 Å². The molecule has 1 fully saturated rings. The molecule has 0 spiro atoms. The van der Waals surface area contributed by atoms with Crippen LogP contribution in [0.4, 0.5) is 5.69 Å². The highest BCUT2D eigenvalue weighted by Crippen LogP contribution is 2.22. The molecule has 0 radical (unpaired) electrons. The van der Waals surface area contributed by atoms with Gasteiger partial charge in [-0.2, -0.15) is 0 Å². The molecular weight excluding hydrogens is 224 g/mol. The minimum atomic E-state index is -0.438. The molecule has 17 heavy (non-hydrogen) atoms. The van der Waals surface area contributed by atoms with Gasteiger partial charge in [-0.15, -0.1) is 0 Å². The maximum atomic E-state index is 10.5. The van der Waals surface area contributed by atoms with Gasteiger partial charge in [0.25, 0.3) is 5.69 Å². The minimum Gasteiger partial charge on any atom is -0.370 e. The predicted octanol–water partition coefficient (Wildman–Crippen LogP) is 0.823. The standard InChI is InChI=1S/C11H12N2O4/c14-6-9-7-17-11(5-12-9)8-1-3-10(4-2-8)13(15)16/h1-4,6,9,11-12H,5,7H2. The third-order valence-corrected chi connectivity index (χ3v) is 2.68. The van der Waals surface area contributed by atoms with Gasteiger partial charge >= 0.3 is 0 Å². The van der Waals surface area contributed by atoms with E-state index in [1.807, 2.05) is 0 Å². The highest BCUT2D eigenvalue weighted by Gasteiger charge is 2.22. The first-order chi connectivity index (χ1) is 8.20. The van der Waals surface area contributed by atoms with Crippen molar-refractivity contribution < 1.29 is 14.5 Å². The average molecular weight is 236 g/mol. The number of ether oxygens (including phenoxy) is 1. The number of carbonyl (C=O) groups excluding carboxylic acids is 1. The number of nitrogens with zero attached hydrogens (tertiary/aromatic N) is 1. The second-order valence-corrected chi connectivity index (χ2v) is 3.82. The molecule has 0 aliphatic carbocycles. The normalized spacial score (nSPS) is 24.2. The molecular formula is C11H12N2O4. The average Bonchev–Trinajstić information content (AvgIpc) is 2.39. The first-order valence-electron chi connectivity index (χ1n) is 5.25. The van der Waals surface area contributed by atoms with E-state index in [0.29, 0.717) is 13.2 Å². The fraction of sp³-hybridized carbons (Fsp3) is 0.364. The van der Waals surface area contributed by atoms with E-state index < -0.39 is 4.92 Å². The van der Waals surface area contributed by atoms with Gasteiger partial charge in [0.1, 0.15) is 6.29 Å². The molecule has 1 aromatic rings. The Balaban J connectivity index is 2.03. The SMILES string of the molecule is O=CC1COC(c2ccc([N+](=O)[O-])cc2)CN1. The van der Waals surface area contributed by atoms with Crippen molar-refractivity contribution in [2.75, 3.05) is 13.2 Å². The maximum absolute atomic E-state index is 10.5. The number of carbonyl (C=O) groups is 1. The summed E-state index contributed by atoms with van der Waals surface area (Å²) in [5, 5.41) is 13.5. The van der Waals surface area contributed by atoms with Crippen LogP contribution in [0, 0.1) is 10.1 Å². The Morgan fingerprint density at radius 1 is 1.41 bits per heavy atom. The molecule has 1 aliphatic rings. The molecule has 6 nitrogen and oxygen atoms in total. The summed E-state index contributed by atoms with van der Waals surface area (Å²) in [4.78, 5) is 20.6. The van der Waals surface area contributed by atoms with Crippen molar-refractivity contribution in [1.29, 1.82) is 0 Å². The van der Waals surface area contributed by atoms with Crippen molar-refractivity contribution in [3.8, 4) is 0 Å². The zero-order valence-electron chi connectivity index (χ0n) is 9.04. The molecule has 0 amide bonds. The van der Waals surface area contributed by atoms with Crippen LogP contribution in [0.15, 0.2) is 24.3 Å². The molecule has 0 saturated carbocycles. The van der Waals surface area contributed by atoms with Gasteiger partial charge in [-0.25, -0.2) is 0 Å². The van der Waals surface area contributed by atoms with E-state index >= 15 is 0 Å². The van der Waals surface area contributed by atoms with Crippen LogP contribution >= 0.6 is 0 Å². The summed E-state index contributed by atoms with van der Waals surface area (Å²) in [6, 6.07) is 5.98. The fourth-order valence-corrected chi connectivity index (χ4v) is 1.71. The fourth-order valence-electron chi connectivity index (χ4n) is 1.71. The summed E-state index contributed by atoms with van der Waals surface area (Å²) in [6.45, 7) is 0.854. The van der Waals surface area contributed by atoms with Gasteiger partial charge in [-0.3, -0.25) is 10.1 Å². The number of nitro benzene ring substituents is 1. The largest absolute Gasteiger partial charge is 0.370 e. The molecule has 0 aromatic heterocycles. The number of rotatable bonds is 3. The van der Waals surface area contributed by atoms with Crippen molar-refractivity contribution in [2.24, 2.45) is 0 Å². The lowest BCUT2D eigenvalue weighted by molar-refractivity contribution is -0.384. The summed E-state index contributed by atoms with van der Waals surface area (Å²) in [5.74, 6) is 0. The molecule has 1 heterocycles. The molecule has 1 aromatic carbocycles. The van der Waals surface area contributed by atoms with E-state index in [1.165, 1.54) is 12.1 Å². The van der Waals surface area contributed by atoms with Crippen LogP contribution in [0.2, 0.25) is 0 Å². The molecule has 90 valence electrons. The van der Waals surface area contributed by atoms with E-state index in [1.54, 1.807) is 12.1 Å². The first-order valence-corrected chi connectivity index (χ1v) is 5.25. The van der Waals surface area contributed by atoms with Crippen LogP contribution in [0.1, 0.15) is 11.7 Å². The van der Waals surface area contributed by atoms with E-state index in [-0.39, 0.29) is 17.8 Å². The third kappa shape index (κ3) is 2.66. The Morgan fingerprint density at radius 3 is 2.59 bits per heavy atom. The highest BCUT2D eigenvalue weighted by molar-refractivity contribution is 5.57. The van der Waals surface area contributed by atoms with Gasteiger partial charge in [0.15, 0.2) is 0 Å². The van der Waals surface area contributed by atoms with E-state index in [0.717, 1.165) is 11.8 Å². The van der Waals surface area contributed by atoms with E-state index in [9.17, 15) is 14.9 Å². The summed E-state index contributed by atoms with van der Waals surface area (Å²) < 4.78 is 5.50. The number of nitrogens with one attached hydrogen (secondary N) is 1. The molecule has 2 rings (SSSR count). The smallest absolute Gasteiger partial charge is 0.269 e. The van der Waals surface area contributed by atoms with Gasteiger partial charge in [0, 0.05) is 18.7 Å². The number of aldehydes is 1. The van der Waals surface area contributed by atoms with E-state index in [4.69, 9.17) is 4.74 Å². The van der Waals surface area contributed by atoms with Crippen molar-refractivity contribution in [3.63, 3.8) is 0 Å². The molecule has 1 aliphatic heterocycles. The number of hydrogen-bond donors (Lipinski definition) is 1. The van der Waals surface area contributed by atoms with Crippen LogP contribution in [0.3, 0.4) is 0 Å². The lowest BCUT2D eigenvalue weighted by Crippen LogP contribution is -2.43. The Hall–Kier alpha value is -1.79. The third-order valence-electron chi connectivity index (χ3n) is 2.68. The number of non-ortho nitro benzene ring substituents is 1. The second-order valence-electron chi connectivity index (χ2n) is 3.82. The van der Waals surface area contributed by atoms with Gasteiger partial charge in [0.2, 0.25) is 0 Å². The number of morpholine rings is 1. The van der Waals surface area contributed by atoms with Crippen molar-refractivity contribution >= 4 is 12.0 Å². The predicted molar refractivity (Wildman–Crippen MR) is 59.6 cm³/mol. The van der Waals surface area contributed by atoms with Crippen LogP contribution in [-0.2, 0) is 9.53 Å². The zero-order valence-corrected chi connectivity index (χ0v) is 9.04. The molecule has 1 N–H and O–H groups in total. The first kappa shape index (κ1) is 11.7. The van der Waals surface area contributed by atoms with Gasteiger partial charge in [-0.05, 0) is 17.7 Å². The summed E-state index contributed by atoms with van der Waals surface area (Å²) >= 11 is 0. The Morgan fingerprint density at radius 2 is 2.12 bits per heavy atom. The number of hydrogen-bond acceptors (Lipinski definition) is 5. The summed E-state index contributed by atoms with van der Waals surface area (Å²) in [5.41, 5.74) is 0.927. The lowest BCUT2D eigenvalue weighted by atomic mass is 10.1. The molecule has 1 saturated heterocycles. The van der Waals surface area contributed by atoms with Crippen molar-refractivity contribution in [1.82, 2.24) is 5.32 Å². The topological polar surface area (TPSA) is 81.5 Å². The summed E-state index contributed by atoms with van der Waals surface area (Å²) in [6.07, 6.45) is 0.651. The minimum absolute atomic E-state index is 0.0586. The summed E-state index contributed by atoms with van der Waals surface area (Å²) in [7, 11) is 0. The highest BCUT2D eigenvalue weighted by atomic mass is 16.6. The molecule has 6 heteroatoms. The Labute approximate surface area is 97.7 Å². The molecule has 2 atom stereocenters. The zero-order chi connectivity index (χ0) is 12.3. The van der Waals surface area contributed by atoms with Gasteiger partial charge in [-0.1, -0.05) is 0 Å². The maximum Gasteiger partial charge on any atom is 0.269 e. The van der Waals surface area contributed by atoms with Gasteiger partial charge in [0.05, 0.1) is 23.7 Å². The number of nitro groups is 1. The van der Waals surface area contributed by atoms with Crippen LogP contribution in [0.25, 0.3) is 0 Å². The van der Waals surface area contributed by atoms with Crippen LogP contribution < -0.4 is 5.32 Å². The second kappa shape index (κ2) is 5.03. The monoisotopic (exact) mass is 236 g/mol. The Bertz CT molecular complexity index is 410. The molecule has 0 bridgehead atoms. The van der Waals surface area contributed by atoms with Crippen molar-refractivity contribution in [3.05, 3.63) is 39.9 Å². The van der Waals surface area contributed by atoms with Gasteiger partial charge < -0.3 is 14.8 Å². The van der Waals surface area contributed by atoms with Crippen molar-refractivity contribution in [2.45, 2.75) is 12.1 Å². The Kier molecular flexibility index (Phi) is 3.46.